The van der Waals surface area contributed by atoms with Crippen molar-refractivity contribution in [1.82, 2.24) is 10.2 Å². The molecule has 0 aromatic heterocycles. The number of benzene rings is 4. The fourth-order valence-corrected chi connectivity index (χ4v) is 7.68. The Hall–Kier alpha value is -4.54. The number of sulfonamides is 1. The summed E-state index contributed by atoms with van der Waals surface area (Å²) in [6.07, 6.45) is 3.99. The van der Waals surface area contributed by atoms with E-state index >= 15 is 0 Å². The number of carbonyl (C=O) groups is 2. The van der Waals surface area contributed by atoms with Crippen LogP contribution in [0.4, 0.5) is 5.69 Å². The first-order valence-electron chi connectivity index (χ1n) is 16.3. The SMILES string of the molecule is COc1ccc(N(CC(=O)N(Cc2ccccc2Cl)[C@@H](Cc2ccccc2)C(=O)NC2CCCC2)S(=O)(=O)c2ccc(C)cc2)cc1OC. The van der Waals surface area contributed by atoms with Gasteiger partial charge in [0.05, 0.1) is 24.8 Å². The Morgan fingerprint density at radius 3 is 2.18 bits per heavy atom. The molecule has 1 atom stereocenters. The Labute approximate surface area is 293 Å². The monoisotopic (exact) mass is 703 g/mol. The Bertz CT molecular complexity index is 1850. The van der Waals surface area contributed by atoms with Crippen LogP contribution in [0.1, 0.15) is 42.4 Å². The molecule has 0 bridgehead atoms. The number of amides is 2. The van der Waals surface area contributed by atoms with Crippen LogP contribution in [-0.2, 0) is 32.6 Å². The Morgan fingerprint density at radius 1 is 0.878 bits per heavy atom. The Morgan fingerprint density at radius 2 is 1.53 bits per heavy atom. The third kappa shape index (κ3) is 8.74. The number of hydrogen-bond acceptors (Lipinski definition) is 6. The normalized spacial score (nSPS) is 13.8. The van der Waals surface area contributed by atoms with E-state index in [2.05, 4.69) is 5.32 Å². The summed E-state index contributed by atoms with van der Waals surface area (Å²) in [5.74, 6) is -0.178. The molecule has 0 unspecified atom stereocenters. The van der Waals surface area contributed by atoms with Crippen molar-refractivity contribution in [2.24, 2.45) is 0 Å². The lowest BCUT2D eigenvalue weighted by molar-refractivity contribution is -0.140. The molecule has 1 saturated carbocycles. The summed E-state index contributed by atoms with van der Waals surface area (Å²) in [5.41, 5.74) is 2.56. The number of nitrogens with zero attached hydrogens (tertiary/aromatic N) is 2. The predicted octanol–water partition coefficient (Wildman–Crippen LogP) is 6.56. The van der Waals surface area contributed by atoms with Crippen molar-refractivity contribution < 1.29 is 27.5 Å². The van der Waals surface area contributed by atoms with Crippen molar-refractivity contribution in [1.29, 1.82) is 0 Å². The van der Waals surface area contributed by atoms with Crippen LogP contribution in [0.15, 0.2) is 102 Å². The summed E-state index contributed by atoms with van der Waals surface area (Å²) in [6, 6.07) is 26.7. The molecule has 4 aromatic rings. The van der Waals surface area contributed by atoms with Gasteiger partial charge < -0.3 is 19.7 Å². The molecule has 1 aliphatic rings. The molecule has 0 spiro atoms. The van der Waals surface area contributed by atoms with Gasteiger partial charge in [0.2, 0.25) is 11.8 Å². The lowest BCUT2D eigenvalue weighted by Crippen LogP contribution is -2.54. The van der Waals surface area contributed by atoms with Gasteiger partial charge in [0.1, 0.15) is 12.6 Å². The molecule has 0 aliphatic heterocycles. The molecule has 4 aromatic carbocycles. The van der Waals surface area contributed by atoms with E-state index in [4.69, 9.17) is 21.1 Å². The second kappa shape index (κ2) is 16.2. The van der Waals surface area contributed by atoms with E-state index in [1.54, 1.807) is 42.5 Å². The zero-order valence-electron chi connectivity index (χ0n) is 28.0. The van der Waals surface area contributed by atoms with Gasteiger partial charge in [0.25, 0.3) is 10.0 Å². The van der Waals surface area contributed by atoms with Crippen LogP contribution in [0.2, 0.25) is 5.02 Å². The summed E-state index contributed by atoms with van der Waals surface area (Å²) in [6.45, 7) is 1.25. The van der Waals surface area contributed by atoms with Crippen molar-refractivity contribution in [3.05, 3.63) is 119 Å². The number of ether oxygens (including phenoxy) is 2. The highest BCUT2D eigenvalue weighted by Crippen LogP contribution is 2.34. The minimum atomic E-state index is -4.29. The topological polar surface area (TPSA) is 105 Å². The van der Waals surface area contributed by atoms with Crippen LogP contribution in [0.25, 0.3) is 0 Å². The molecule has 1 fully saturated rings. The summed E-state index contributed by atoms with van der Waals surface area (Å²) in [5, 5.41) is 3.61. The van der Waals surface area contributed by atoms with Crippen molar-refractivity contribution in [3.8, 4) is 11.5 Å². The molecule has 5 rings (SSSR count). The maximum absolute atomic E-state index is 14.8. The highest BCUT2D eigenvalue weighted by atomic mass is 35.5. The Balaban J connectivity index is 1.60. The number of anilines is 1. The summed E-state index contributed by atoms with van der Waals surface area (Å²) < 4.78 is 40.7. The van der Waals surface area contributed by atoms with E-state index in [1.807, 2.05) is 43.3 Å². The molecule has 9 nitrogen and oxygen atoms in total. The zero-order chi connectivity index (χ0) is 35.0. The standard InChI is InChI=1S/C38H42ClN3O6S/c1-27-17-20-32(21-18-27)49(45,46)42(31-19-22-35(47-2)36(24-31)48-3)26-37(43)41(25-29-13-7-10-16-33(29)39)34(23-28-11-5-4-6-12-28)38(44)40-30-14-8-9-15-30/h4-7,10-13,16-22,24,30,34H,8-9,14-15,23,25-26H2,1-3H3,(H,40,44)/t34-/m0/s1. The molecular formula is C38H42ClN3O6S. The van der Waals surface area contributed by atoms with Gasteiger partial charge in [0, 0.05) is 30.1 Å². The van der Waals surface area contributed by atoms with Crippen LogP contribution in [-0.4, -0.2) is 58.0 Å². The van der Waals surface area contributed by atoms with E-state index < -0.39 is 28.5 Å². The molecule has 11 heteroatoms. The molecule has 0 heterocycles. The number of nitrogens with one attached hydrogen (secondary N) is 1. The fraction of sp³-hybridized carbons (Fsp3) is 0.316. The predicted molar refractivity (Wildman–Crippen MR) is 192 cm³/mol. The average molecular weight is 704 g/mol. The minimum Gasteiger partial charge on any atom is -0.493 e. The van der Waals surface area contributed by atoms with Gasteiger partial charge in [-0.1, -0.05) is 90.7 Å². The van der Waals surface area contributed by atoms with Gasteiger partial charge >= 0.3 is 0 Å². The number of rotatable bonds is 14. The first kappa shape index (κ1) is 35.8. The van der Waals surface area contributed by atoms with Crippen molar-refractivity contribution in [2.45, 2.75) is 62.6 Å². The van der Waals surface area contributed by atoms with E-state index in [-0.39, 0.29) is 35.5 Å². The van der Waals surface area contributed by atoms with Gasteiger partial charge in [-0.2, -0.15) is 0 Å². The van der Waals surface area contributed by atoms with Crippen LogP contribution in [0.3, 0.4) is 0 Å². The number of carbonyl (C=O) groups excluding carboxylic acids is 2. The van der Waals surface area contributed by atoms with Crippen LogP contribution >= 0.6 is 11.6 Å². The van der Waals surface area contributed by atoms with Crippen LogP contribution in [0.5, 0.6) is 11.5 Å². The molecule has 1 aliphatic carbocycles. The first-order valence-corrected chi connectivity index (χ1v) is 18.1. The largest absolute Gasteiger partial charge is 0.493 e. The van der Waals surface area contributed by atoms with Gasteiger partial charge in [-0.15, -0.1) is 0 Å². The van der Waals surface area contributed by atoms with Gasteiger partial charge in [-0.05, 0) is 61.2 Å². The third-order valence-electron chi connectivity index (χ3n) is 8.81. The van der Waals surface area contributed by atoms with Crippen LogP contribution < -0.4 is 19.1 Å². The molecule has 49 heavy (non-hydrogen) atoms. The molecule has 2 amide bonds. The summed E-state index contributed by atoms with van der Waals surface area (Å²) >= 11 is 6.61. The maximum atomic E-state index is 14.8. The van der Waals surface area contributed by atoms with Gasteiger partial charge in [0.15, 0.2) is 11.5 Å². The van der Waals surface area contributed by atoms with Crippen molar-refractivity contribution >= 4 is 39.1 Å². The van der Waals surface area contributed by atoms with Crippen molar-refractivity contribution in [2.75, 3.05) is 25.1 Å². The van der Waals surface area contributed by atoms with E-state index in [1.165, 1.54) is 37.3 Å². The summed E-state index contributed by atoms with van der Waals surface area (Å²) in [4.78, 5) is 30.4. The quantitative estimate of drug-likeness (QED) is 0.160. The second-order valence-corrected chi connectivity index (χ2v) is 14.4. The highest BCUT2D eigenvalue weighted by Gasteiger charge is 2.36. The number of methoxy groups -OCH3 is 2. The number of halogens is 1. The maximum Gasteiger partial charge on any atom is 0.264 e. The number of hydrogen-bond donors (Lipinski definition) is 1. The molecule has 1 N–H and O–H groups in total. The lowest BCUT2D eigenvalue weighted by Gasteiger charge is -2.34. The molecule has 0 saturated heterocycles. The average Bonchev–Trinajstić information content (AvgIpc) is 3.62. The molecule has 0 radical (unpaired) electrons. The molecule has 258 valence electrons. The summed E-state index contributed by atoms with van der Waals surface area (Å²) in [7, 11) is -1.35. The highest BCUT2D eigenvalue weighted by molar-refractivity contribution is 7.92. The lowest BCUT2D eigenvalue weighted by atomic mass is 10.0. The van der Waals surface area contributed by atoms with E-state index in [0.29, 0.717) is 22.1 Å². The third-order valence-corrected chi connectivity index (χ3v) is 11.0. The van der Waals surface area contributed by atoms with E-state index in [0.717, 1.165) is 41.1 Å². The smallest absolute Gasteiger partial charge is 0.264 e. The minimum absolute atomic E-state index is 0.00761. The number of aryl methyl sites for hydroxylation is 1. The van der Waals surface area contributed by atoms with Crippen LogP contribution in [0, 0.1) is 6.92 Å². The zero-order valence-corrected chi connectivity index (χ0v) is 29.5. The van der Waals surface area contributed by atoms with Gasteiger partial charge in [-0.25, -0.2) is 8.42 Å². The van der Waals surface area contributed by atoms with E-state index in [9.17, 15) is 18.0 Å². The fourth-order valence-electron chi connectivity index (χ4n) is 6.08. The molecular weight excluding hydrogens is 662 g/mol. The van der Waals surface area contributed by atoms with Gasteiger partial charge in [-0.3, -0.25) is 13.9 Å². The first-order chi connectivity index (χ1) is 23.6. The second-order valence-electron chi connectivity index (χ2n) is 12.2. The Kier molecular flexibility index (Phi) is 11.9. The van der Waals surface area contributed by atoms with Crippen molar-refractivity contribution in [3.63, 3.8) is 0 Å².